The van der Waals surface area contributed by atoms with Crippen molar-refractivity contribution in [2.75, 3.05) is 24.6 Å². The first kappa shape index (κ1) is 11.9. The van der Waals surface area contributed by atoms with Gasteiger partial charge in [-0.05, 0) is 12.1 Å². The maximum Gasteiger partial charge on any atom is 0.259 e. The molecule has 0 spiro atoms. The fourth-order valence-corrected chi connectivity index (χ4v) is 2.17. The van der Waals surface area contributed by atoms with Crippen molar-refractivity contribution < 1.29 is 9.53 Å². The number of morpholine rings is 1. The Labute approximate surface area is 109 Å². The zero-order valence-corrected chi connectivity index (χ0v) is 10.2. The van der Waals surface area contributed by atoms with Crippen LogP contribution in [0, 0.1) is 0 Å². The zero-order valence-electron chi connectivity index (χ0n) is 10.2. The van der Waals surface area contributed by atoms with Crippen LogP contribution in [0.5, 0.6) is 0 Å². The Morgan fingerprint density at radius 1 is 1.42 bits per heavy atom. The summed E-state index contributed by atoms with van der Waals surface area (Å²) in [5, 5.41) is 0. The number of aldehydes is 1. The zero-order chi connectivity index (χ0) is 13.2. The lowest BCUT2D eigenvalue weighted by molar-refractivity contribution is -0.118. The Morgan fingerprint density at radius 3 is 3.16 bits per heavy atom. The van der Waals surface area contributed by atoms with Crippen LogP contribution in [0.15, 0.2) is 35.3 Å². The van der Waals surface area contributed by atoms with Crippen LogP contribution in [0.3, 0.4) is 0 Å². The number of carbonyl (C=O) groups is 1. The van der Waals surface area contributed by atoms with E-state index in [-0.39, 0.29) is 5.56 Å². The van der Waals surface area contributed by atoms with Crippen molar-refractivity contribution >= 4 is 17.8 Å². The molecule has 1 fully saturated rings. The first-order chi connectivity index (χ1) is 9.28. The molecule has 0 aromatic carbocycles. The molecule has 0 amide bonds. The summed E-state index contributed by atoms with van der Waals surface area (Å²) in [4.78, 5) is 29.1. The molecule has 6 nitrogen and oxygen atoms in total. The average molecular weight is 259 g/mol. The molecule has 0 saturated carbocycles. The van der Waals surface area contributed by atoms with Gasteiger partial charge in [-0.15, -0.1) is 0 Å². The van der Waals surface area contributed by atoms with E-state index in [1.807, 2.05) is 11.0 Å². The molecular weight excluding hydrogens is 246 g/mol. The number of rotatable bonds is 2. The minimum atomic E-state index is -0.454. The molecule has 0 N–H and O–H groups in total. The van der Waals surface area contributed by atoms with Crippen molar-refractivity contribution in [2.45, 2.75) is 6.10 Å². The van der Waals surface area contributed by atoms with E-state index in [4.69, 9.17) is 4.74 Å². The van der Waals surface area contributed by atoms with E-state index in [1.54, 1.807) is 18.3 Å². The summed E-state index contributed by atoms with van der Waals surface area (Å²) in [5.74, 6) is 0.589. The number of fused-ring (bicyclic) bond motifs is 1. The van der Waals surface area contributed by atoms with Gasteiger partial charge in [0.25, 0.3) is 5.56 Å². The van der Waals surface area contributed by atoms with Crippen LogP contribution in [0.1, 0.15) is 0 Å². The number of hydrogen-bond acceptors (Lipinski definition) is 5. The molecule has 1 aliphatic heterocycles. The third-order valence-electron chi connectivity index (χ3n) is 3.13. The molecule has 1 unspecified atom stereocenters. The average Bonchev–Trinajstić information content (AvgIpc) is 2.47. The topological polar surface area (TPSA) is 63.9 Å². The van der Waals surface area contributed by atoms with Gasteiger partial charge in [-0.2, -0.15) is 0 Å². The van der Waals surface area contributed by atoms with E-state index < -0.39 is 6.10 Å². The van der Waals surface area contributed by atoms with Crippen LogP contribution in [0.4, 0.5) is 5.82 Å². The fourth-order valence-electron chi connectivity index (χ4n) is 2.17. The van der Waals surface area contributed by atoms with Gasteiger partial charge in [0.15, 0.2) is 6.29 Å². The van der Waals surface area contributed by atoms with E-state index in [1.165, 1.54) is 10.5 Å². The summed E-state index contributed by atoms with van der Waals surface area (Å²) in [6, 6.07) is 6.88. The Hall–Kier alpha value is -2.21. The molecule has 0 bridgehead atoms. The summed E-state index contributed by atoms with van der Waals surface area (Å²) in [6.07, 6.45) is 2.01. The molecule has 2 aromatic rings. The van der Waals surface area contributed by atoms with Crippen molar-refractivity contribution in [3.63, 3.8) is 0 Å². The maximum atomic E-state index is 12.0. The highest BCUT2D eigenvalue weighted by Gasteiger charge is 2.21. The number of hydrogen-bond donors (Lipinski definition) is 0. The van der Waals surface area contributed by atoms with Crippen molar-refractivity contribution in [3.8, 4) is 0 Å². The maximum absolute atomic E-state index is 12.0. The van der Waals surface area contributed by atoms with E-state index >= 15 is 0 Å². The third kappa shape index (κ3) is 2.22. The van der Waals surface area contributed by atoms with Crippen molar-refractivity contribution in [1.29, 1.82) is 0 Å². The summed E-state index contributed by atoms with van der Waals surface area (Å²) in [6.45, 7) is 1.51. The number of nitrogens with zero attached hydrogens (tertiary/aromatic N) is 3. The second-order valence-corrected chi connectivity index (χ2v) is 4.37. The highest BCUT2D eigenvalue weighted by molar-refractivity contribution is 5.59. The van der Waals surface area contributed by atoms with Gasteiger partial charge in [-0.25, -0.2) is 4.98 Å². The summed E-state index contributed by atoms with van der Waals surface area (Å²) < 4.78 is 6.76. The van der Waals surface area contributed by atoms with Crippen LogP contribution >= 0.6 is 0 Å². The molecule has 2 aromatic heterocycles. The molecular formula is C13H13N3O3. The highest BCUT2D eigenvalue weighted by atomic mass is 16.5. The minimum absolute atomic E-state index is 0.130. The predicted molar refractivity (Wildman–Crippen MR) is 69.5 cm³/mol. The molecule has 1 aliphatic rings. The van der Waals surface area contributed by atoms with Gasteiger partial charge in [-0.1, -0.05) is 6.07 Å². The minimum Gasteiger partial charge on any atom is -0.367 e. The van der Waals surface area contributed by atoms with E-state index in [9.17, 15) is 9.59 Å². The number of carbonyl (C=O) groups excluding carboxylic acids is 1. The Balaban J connectivity index is 2.01. The van der Waals surface area contributed by atoms with Gasteiger partial charge < -0.3 is 14.4 Å². The molecule has 3 rings (SSSR count). The molecule has 3 heterocycles. The summed E-state index contributed by atoms with van der Waals surface area (Å²) in [5.41, 5.74) is 0.467. The van der Waals surface area contributed by atoms with Crippen molar-refractivity contribution in [2.24, 2.45) is 0 Å². The van der Waals surface area contributed by atoms with Crippen LogP contribution in [-0.2, 0) is 9.53 Å². The number of ether oxygens (including phenoxy) is 1. The predicted octanol–water partition coefficient (Wildman–Crippen LogP) is 0.0986. The third-order valence-corrected chi connectivity index (χ3v) is 3.13. The van der Waals surface area contributed by atoms with E-state index in [2.05, 4.69) is 4.98 Å². The van der Waals surface area contributed by atoms with Gasteiger partial charge in [0.05, 0.1) is 13.2 Å². The smallest absolute Gasteiger partial charge is 0.259 e. The van der Waals surface area contributed by atoms with Gasteiger partial charge in [0.2, 0.25) is 0 Å². The standard InChI is InChI=1S/C13H13N3O3/c17-9-10-8-15(5-6-19-10)12-7-13(18)16-4-2-1-3-11(16)14-12/h1-4,7,9-10H,5-6,8H2. The molecule has 1 saturated heterocycles. The van der Waals surface area contributed by atoms with Crippen LogP contribution < -0.4 is 10.5 Å². The highest BCUT2D eigenvalue weighted by Crippen LogP contribution is 2.13. The van der Waals surface area contributed by atoms with Crippen LogP contribution in [0.25, 0.3) is 5.65 Å². The monoisotopic (exact) mass is 259 g/mol. The van der Waals surface area contributed by atoms with Crippen LogP contribution in [-0.4, -0.2) is 41.5 Å². The lowest BCUT2D eigenvalue weighted by Gasteiger charge is -2.31. The molecule has 0 aliphatic carbocycles. The van der Waals surface area contributed by atoms with Crippen LogP contribution in [0.2, 0.25) is 0 Å². The Kier molecular flexibility index (Phi) is 3.00. The first-order valence-corrected chi connectivity index (χ1v) is 6.08. The Bertz CT molecular complexity index is 667. The lowest BCUT2D eigenvalue weighted by atomic mass is 10.3. The second-order valence-electron chi connectivity index (χ2n) is 4.37. The molecule has 1 atom stereocenters. The Morgan fingerprint density at radius 2 is 2.32 bits per heavy atom. The summed E-state index contributed by atoms with van der Waals surface area (Å²) >= 11 is 0. The number of anilines is 1. The van der Waals surface area contributed by atoms with E-state index in [0.29, 0.717) is 31.2 Å². The largest absolute Gasteiger partial charge is 0.367 e. The van der Waals surface area contributed by atoms with Gasteiger partial charge in [-0.3, -0.25) is 9.20 Å². The van der Waals surface area contributed by atoms with Gasteiger partial charge in [0.1, 0.15) is 17.6 Å². The fraction of sp³-hybridized carbons (Fsp3) is 0.308. The number of pyridine rings is 1. The summed E-state index contributed by atoms with van der Waals surface area (Å²) in [7, 11) is 0. The lowest BCUT2D eigenvalue weighted by Crippen LogP contribution is -2.44. The van der Waals surface area contributed by atoms with Crippen molar-refractivity contribution in [1.82, 2.24) is 9.38 Å². The molecule has 19 heavy (non-hydrogen) atoms. The van der Waals surface area contributed by atoms with Crippen molar-refractivity contribution in [3.05, 3.63) is 40.8 Å². The molecule has 0 radical (unpaired) electrons. The molecule has 6 heteroatoms. The quantitative estimate of drug-likeness (QED) is 0.716. The SMILES string of the molecule is O=CC1CN(c2cc(=O)n3ccccc3n2)CCO1. The van der Waals surface area contributed by atoms with Gasteiger partial charge >= 0.3 is 0 Å². The van der Waals surface area contributed by atoms with Gasteiger partial charge in [0, 0.05) is 18.8 Å². The second kappa shape index (κ2) is 4.81. The molecule has 98 valence electrons. The first-order valence-electron chi connectivity index (χ1n) is 6.08. The van der Waals surface area contributed by atoms with E-state index in [0.717, 1.165) is 6.29 Å². The normalized spacial score (nSPS) is 19.6. The number of aromatic nitrogens is 2.